The number of aromatic hydroxyl groups is 1. The molecule has 9 rings (SSSR count). The van der Waals surface area contributed by atoms with Gasteiger partial charge in [0.15, 0.2) is 11.4 Å². The number of aliphatic hydroxyl groups is 1. The summed E-state index contributed by atoms with van der Waals surface area (Å²) in [6, 6.07) is 19.9. The molecule has 2 saturated heterocycles. The van der Waals surface area contributed by atoms with Crippen molar-refractivity contribution in [2.75, 3.05) is 32.8 Å². The number of likely N-dealkylation sites (tertiary alicyclic amines) is 2. The van der Waals surface area contributed by atoms with Crippen LogP contribution in [0.5, 0.6) is 11.6 Å². The van der Waals surface area contributed by atoms with Gasteiger partial charge in [-0.05, 0) is 78.6 Å². The maximum Gasteiger partial charge on any atom is 0.254 e. The van der Waals surface area contributed by atoms with Gasteiger partial charge in [0.25, 0.3) is 5.88 Å². The number of hydrogen-bond donors (Lipinski definition) is 4. The number of aliphatic hydroxyl groups excluding tert-OH is 1. The molecule has 4 aromatic heterocycles. The van der Waals surface area contributed by atoms with Crippen LogP contribution in [0.3, 0.4) is 0 Å². The second-order valence-corrected chi connectivity index (χ2v) is 17.7. The molecule has 2 aromatic carbocycles. The van der Waals surface area contributed by atoms with Crippen molar-refractivity contribution in [1.29, 1.82) is 0 Å². The summed E-state index contributed by atoms with van der Waals surface area (Å²) in [5, 5.41) is 37.9. The molecule has 1 saturated carbocycles. The molecule has 6 heterocycles. The van der Waals surface area contributed by atoms with E-state index in [2.05, 4.69) is 41.6 Å². The minimum atomic E-state index is -0.818. The van der Waals surface area contributed by atoms with Crippen LogP contribution in [0.1, 0.15) is 74.2 Å². The number of β-amino-alcohol motifs (C(OH)–C–C–N with tert-alkyl or cyclic N) is 1. The largest absolute Gasteiger partial charge is 0.507 e. The van der Waals surface area contributed by atoms with Crippen LogP contribution in [0.15, 0.2) is 76.8 Å². The van der Waals surface area contributed by atoms with Crippen molar-refractivity contribution in [1.82, 2.24) is 40.4 Å². The van der Waals surface area contributed by atoms with E-state index in [1.54, 1.807) is 29.5 Å². The number of phenolic OH excluding ortho intramolecular Hbond substituents is 1. The molecule has 1 aliphatic carbocycles. The number of H-pyrrole nitrogens is 1. The summed E-state index contributed by atoms with van der Waals surface area (Å²) in [6.45, 7) is 11.2. The van der Waals surface area contributed by atoms with Crippen molar-refractivity contribution in [2.24, 2.45) is 17.8 Å². The molecule has 3 fully saturated rings. The summed E-state index contributed by atoms with van der Waals surface area (Å²) in [4.78, 5) is 40.7. The number of rotatable bonds is 14. The number of fused-ring (bicyclic) bond motifs is 2. The number of ether oxygens (including phenoxy) is 1. The molecule has 14 nitrogen and oxygen atoms in total. The molecular formula is C45H50N8O6S. The summed E-state index contributed by atoms with van der Waals surface area (Å²) in [5.41, 5.74) is 8.09. The van der Waals surface area contributed by atoms with E-state index in [9.17, 15) is 19.8 Å². The second-order valence-electron chi connectivity index (χ2n) is 16.9. The first kappa shape index (κ1) is 39.8. The Morgan fingerprint density at radius 3 is 2.55 bits per heavy atom. The fourth-order valence-electron chi connectivity index (χ4n) is 9.28. The zero-order chi connectivity index (χ0) is 41.7. The fraction of sp³-hybridized carbons (Fsp3) is 0.422. The Labute approximate surface area is 352 Å². The Balaban J connectivity index is 0.751. The Hall–Kier alpha value is -5.64. The lowest BCUT2D eigenvalue weighted by Gasteiger charge is -2.29. The van der Waals surface area contributed by atoms with E-state index in [1.807, 2.05) is 75.7 Å². The SMILES string of the molecule is Cc1ncsc1-c1ccc([C@H](C)NC(=O)[C@@H]2C[C@@H](O)CN2C(=O)[C@@H](c2cc(OCCCN3C[C@@H]4C(c5cc6cc(-c7ccccc7O)nnc6[nH]5)[C@@H]4C3)no2)C(C)C)cc1. The highest BCUT2D eigenvalue weighted by Gasteiger charge is 2.56. The van der Waals surface area contributed by atoms with E-state index >= 15 is 0 Å². The maximum atomic E-state index is 14.1. The summed E-state index contributed by atoms with van der Waals surface area (Å²) < 4.78 is 11.7. The van der Waals surface area contributed by atoms with Crippen LogP contribution >= 0.6 is 11.3 Å². The van der Waals surface area contributed by atoms with Gasteiger partial charge in [-0.2, -0.15) is 0 Å². The monoisotopic (exact) mass is 830 g/mol. The van der Waals surface area contributed by atoms with Gasteiger partial charge in [-0.25, -0.2) is 4.98 Å². The van der Waals surface area contributed by atoms with Gasteiger partial charge in [-0.3, -0.25) is 9.59 Å². The number of phenols is 1. The third kappa shape index (κ3) is 7.88. The molecule has 1 unspecified atom stereocenters. The third-order valence-electron chi connectivity index (χ3n) is 12.5. The predicted octanol–water partition coefficient (Wildman–Crippen LogP) is 6.44. The number of para-hydroxylation sites is 1. The Bertz CT molecular complexity index is 2490. The lowest BCUT2D eigenvalue weighted by atomic mass is 9.91. The number of carbonyl (C=O) groups is 2. The molecule has 6 aromatic rings. The number of aromatic amines is 1. The number of hydrogen-bond acceptors (Lipinski definition) is 12. The second kappa shape index (κ2) is 16.4. The zero-order valence-electron chi connectivity index (χ0n) is 34.1. The number of nitrogens with one attached hydrogen (secondary N) is 2. The molecule has 0 bridgehead atoms. The Morgan fingerprint density at radius 1 is 1.03 bits per heavy atom. The molecule has 4 N–H and O–H groups in total. The van der Waals surface area contributed by atoms with Gasteiger partial charge in [0.05, 0.1) is 40.5 Å². The highest BCUT2D eigenvalue weighted by Crippen LogP contribution is 2.58. The molecule has 2 amide bonds. The van der Waals surface area contributed by atoms with E-state index in [4.69, 9.17) is 9.26 Å². The van der Waals surface area contributed by atoms with Crippen molar-refractivity contribution >= 4 is 34.2 Å². The van der Waals surface area contributed by atoms with Crippen LogP contribution in [-0.4, -0.2) is 102 Å². The predicted molar refractivity (Wildman–Crippen MR) is 226 cm³/mol. The van der Waals surface area contributed by atoms with E-state index in [0.717, 1.165) is 58.8 Å². The van der Waals surface area contributed by atoms with Crippen molar-refractivity contribution in [3.8, 4) is 33.3 Å². The number of aromatic nitrogens is 5. The van der Waals surface area contributed by atoms with Gasteiger partial charge < -0.3 is 39.6 Å². The Kier molecular flexibility index (Phi) is 10.9. The summed E-state index contributed by atoms with van der Waals surface area (Å²) in [7, 11) is 0. The third-order valence-corrected chi connectivity index (χ3v) is 13.4. The van der Waals surface area contributed by atoms with Gasteiger partial charge in [0.2, 0.25) is 11.8 Å². The first-order chi connectivity index (χ1) is 29.0. The topological polar surface area (TPSA) is 183 Å². The maximum absolute atomic E-state index is 14.1. The highest BCUT2D eigenvalue weighted by atomic mass is 32.1. The number of benzene rings is 2. The molecular weight excluding hydrogens is 781 g/mol. The average molecular weight is 831 g/mol. The minimum Gasteiger partial charge on any atom is -0.507 e. The van der Waals surface area contributed by atoms with Crippen molar-refractivity contribution in [3.63, 3.8) is 0 Å². The first-order valence-corrected chi connectivity index (χ1v) is 21.7. The number of nitrogens with zero attached hydrogens (tertiary/aromatic N) is 6. The van der Waals surface area contributed by atoms with Crippen LogP contribution in [0.25, 0.3) is 32.7 Å². The zero-order valence-corrected chi connectivity index (χ0v) is 34.9. The van der Waals surface area contributed by atoms with Gasteiger partial charge in [0, 0.05) is 61.2 Å². The quantitative estimate of drug-likeness (QED) is 0.0887. The van der Waals surface area contributed by atoms with Crippen LogP contribution in [-0.2, 0) is 9.59 Å². The molecule has 60 heavy (non-hydrogen) atoms. The smallest absolute Gasteiger partial charge is 0.254 e. The number of piperidine rings is 1. The highest BCUT2D eigenvalue weighted by molar-refractivity contribution is 7.13. The van der Waals surface area contributed by atoms with Gasteiger partial charge >= 0.3 is 0 Å². The van der Waals surface area contributed by atoms with Gasteiger partial charge in [0.1, 0.15) is 17.7 Å². The normalized spacial score (nSPS) is 22.3. The first-order valence-electron chi connectivity index (χ1n) is 20.8. The minimum absolute atomic E-state index is 0.0615. The van der Waals surface area contributed by atoms with Crippen LogP contribution in [0, 0.1) is 24.7 Å². The van der Waals surface area contributed by atoms with Crippen molar-refractivity contribution in [3.05, 3.63) is 95.0 Å². The summed E-state index contributed by atoms with van der Waals surface area (Å²) in [6.07, 6.45) is 0.154. The van der Waals surface area contributed by atoms with Crippen LogP contribution < -0.4 is 10.1 Å². The van der Waals surface area contributed by atoms with Gasteiger partial charge in [-0.1, -0.05) is 50.2 Å². The van der Waals surface area contributed by atoms with E-state index in [-0.39, 0.29) is 42.5 Å². The van der Waals surface area contributed by atoms with E-state index in [0.29, 0.717) is 47.3 Å². The number of carbonyl (C=O) groups excluding carboxylic acids is 2. The molecule has 7 atom stereocenters. The molecule has 3 aliphatic rings. The number of thiazole rings is 1. The summed E-state index contributed by atoms with van der Waals surface area (Å²) in [5.74, 6) is 1.08. The number of aryl methyl sites for hydroxylation is 1. The standard InChI is InChI=1S/C45H50N8O6S/c1-24(2)40(45(57)53-20-30(54)18-36(53)44(56)47-25(3)27-10-12-28(13-11-27)42-26(4)46-23-60-42)38-19-39(51-59-38)58-15-7-14-52-21-32-33(22-52)41(32)35-17-29-16-34(49-50-43(29)48-35)31-8-5-6-9-37(31)55/h5-6,8-13,16-17,19,23-25,30,32-33,36,40-41,54-55H,7,14-15,18,20-22H2,1-4H3,(H,47,56)(H,48,50)/t25-,30+,32-,33+,36-,40+,41?/m0/s1. The molecule has 0 spiro atoms. The molecule has 312 valence electrons. The van der Waals surface area contributed by atoms with E-state index < -0.39 is 18.1 Å². The molecule has 15 heteroatoms. The average Bonchev–Trinajstić information content (AvgIpc) is 3.93. The molecule has 0 radical (unpaired) electrons. The lowest BCUT2D eigenvalue weighted by molar-refractivity contribution is -0.141. The molecule has 2 aliphatic heterocycles. The van der Waals surface area contributed by atoms with Crippen LogP contribution in [0.2, 0.25) is 0 Å². The van der Waals surface area contributed by atoms with Crippen molar-refractivity contribution in [2.45, 2.75) is 70.6 Å². The lowest BCUT2D eigenvalue weighted by Crippen LogP contribution is -2.48. The summed E-state index contributed by atoms with van der Waals surface area (Å²) >= 11 is 1.59. The van der Waals surface area contributed by atoms with Crippen LogP contribution in [0.4, 0.5) is 0 Å². The van der Waals surface area contributed by atoms with Gasteiger partial charge in [-0.15, -0.1) is 21.5 Å². The van der Waals surface area contributed by atoms with E-state index in [1.165, 1.54) is 10.6 Å². The fourth-order valence-corrected chi connectivity index (χ4v) is 10.1. The van der Waals surface area contributed by atoms with Crippen molar-refractivity contribution < 1.29 is 29.1 Å². The Morgan fingerprint density at radius 2 is 1.82 bits per heavy atom. The number of amides is 2.